The smallest absolute Gasteiger partial charge is 0.308 e. The Morgan fingerprint density at radius 2 is 2.00 bits per heavy atom. The highest BCUT2D eigenvalue weighted by atomic mass is 32.1. The molecule has 0 aliphatic heterocycles. The van der Waals surface area contributed by atoms with E-state index in [1.807, 2.05) is 14.1 Å². The fourth-order valence-corrected chi connectivity index (χ4v) is 2.71. The zero-order chi connectivity index (χ0) is 15.3. The van der Waals surface area contributed by atoms with Crippen LogP contribution in [-0.4, -0.2) is 54.7 Å². The first-order chi connectivity index (χ1) is 9.31. The Bertz CT molecular complexity index is 432. The number of likely N-dealkylation sites (N-methyl/N-ethyl adjacent to an activating group) is 1. The van der Waals surface area contributed by atoms with Crippen molar-refractivity contribution in [3.63, 3.8) is 0 Å². The number of nitrogens with zero attached hydrogens (tertiary/aromatic N) is 3. The van der Waals surface area contributed by atoms with E-state index in [2.05, 4.69) is 34.0 Å². The van der Waals surface area contributed by atoms with E-state index in [4.69, 9.17) is 5.11 Å². The summed E-state index contributed by atoms with van der Waals surface area (Å²) in [5.41, 5.74) is 1.07. The lowest BCUT2D eigenvalue weighted by atomic mass is 10.1. The summed E-state index contributed by atoms with van der Waals surface area (Å²) in [6, 6.07) is 0. The number of carbonyl (C=O) groups is 1. The van der Waals surface area contributed by atoms with Crippen molar-refractivity contribution in [3.05, 3.63) is 11.1 Å². The molecule has 0 radical (unpaired) electrons. The van der Waals surface area contributed by atoms with Crippen molar-refractivity contribution in [2.45, 2.75) is 26.7 Å². The Morgan fingerprint density at radius 3 is 2.45 bits per heavy atom. The maximum Gasteiger partial charge on any atom is 0.308 e. The maximum absolute atomic E-state index is 11.1. The molecule has 0 bridgehead atoms. The standard InChI is InChI=1S/C14H25N3O2S/c1-10(2)12-9-20-14(15-12)17(7-6-16(4)5)8-11(3)13(18)19/h9-11H,6-8H2,1-5H3,(H,18,19). The van der Waals surface area contributed by atoms with Gasteiger partial charge in [-0.05, 0) is 20.0 Å². The number of carboxylic acids is 1. The summed E-state index contributed by atoms with van der Waals surface area (Å²) in [5, 5.41) is 12.1. The first-order valence-corrected chi connectivity index (χ1v) is 7.77. The molecule has 114 valence electrons. The van der Waals surface area contributed by atoms with E-state index >= 15 is 0 Å². The zero-order valence-corrected chi connectivity index (χ0v) is 13.8. The number of hydrogen-bond acceptors (Lipinski definition) is 5. The fourth-order valence-electron chi connectivity index (χ4n) is 1.68. The van der Waals surface area contributed by atoms with Crippen molar-refractivity contribution in [2.75, 3.05) is 38.6 Å². The van der Waals surface area contributed by atoms with Gasteiger partial charge < -0.3 is 14.9 Å². The minimum absolute atomic E-state index is 0.396. The summed E-state index contributed by atoms with van der Waals surface area (Å²) >= 11 is 1.59. The van der Waals surface area contributed by atoms with Crippen LogP contribution in [-0.2, 0) is 4.79 Å². The molecule has 1 rings (SSSR count). The normalized spacial score (nSPS) is 12.9. The lowest BCUT2D eigenvalue weighted by Gasteiger charge is -2.25. The Kier molecular flexibility index (Phi) is 6.42. The van der Waals surface area contributed by atoms with Crippen molar-refractivity contribution < 1.29 is 9.90 Å². The first-order valence-electron chi connectivity index (χ1n) is 6.89. The second-order valence-electron chi connectivity index (χ2n) is 5.70. The van der Waals surface area contributed by atoms with Crippen LogP contribution in [0.2, 0.25) is 0 Å². The number of rotatable bonds is 8. The van der Waals surface area contributed by atoms with Gasteiger partial charge in [-0.3, -0.25) is 4.79 Å². The second-order valence-corrected chi connectivity index (χ2v) is 6.53. The van der Waals surface area contributed by atoms with E-state index in [0.717, 1.165) is 23.9 Å². The second kappa shape index (κ2) is 7.59. The van der Waals surface area contributed by atoms with Crippen LogP contribution >= 0.6 is 11.3 Å². The minimum Gasteiger partial charge on any atom is -0.481 e. The molecule has 1 unspecified atom stereocenters. The Morgan fingerprint density at radius 1 is 1.35 bits per heavy atom. The van der Waals surface area contributed by atoms with E-state index in [0.29, 0.717) is 12.5 Å². The average Bonchev–Trinajstić information content (AvgIpc) is 2.83. The van der Waals surface area contributed by atoms with E-state index < -0.39 is 11.9 Å². The minimum atomic E-state index is -0.763. The molecule has 20 heavy (non-hydrogen) atoms. The summed E-state index contributed by atoms with van der Waals surface area (Å²) in [6.45, 7) is 8.13. The highest BCUT2D eigenvalue weighted by Gasteiger charge is 2.19. The number of thiazole rings is 1. The van der Waals surface area contributed by atoms with Gasteiger partial charge in [0.2, 0.25) is 0 Å². The fraction of sp³-hybridized carbons (Fsp3) is 0.714. The van der Waals surface area contributed by atoms with Crippen molar-refractivity contribution in [1.29, 1.82) is 0 Å². The number of aromatic nitrogens is 1. The lowest BCUT2D eigenvalue weighted by molar-refractivity contribution is -0.140. The number of anilines is 1. The van der Waals surface area contributed by atoms with Gasteiger partial charge in [0.15, 0.2) is 5.13 Å². The van der Waals surface area contributed by atoms with Crippen LogP contribution in [0.15, 0.2) is 5.38 Å². The molecule has 1 aromatic rings. The molecule has 1 N–H and O–H groups in total. The Hall–Kier alpha value is -1.14. The molecule has 1 aromatic heterocycles. The SMILES string of the molecule is CC(CN(CCN(C)C)c1nc(C(C)C)cs1)C(=O)O. The topological polar surface area (TPSA) is 56.7 Å². The van der Waals surface area contributed by atoms with E-state index in [1.165, 1.54) is 0 Å². The van der Waals surface area contributed by atoms with E-state index in [1.54, 1.807) is 18.3 Å². The molecule has 0 spiro atoms. The number of aliphatic carboxylic acids is 1. The van der Waals surface area contributed by atoms with Crippen LogP contribution in [0.3, 0.4) is 0 Å². The van der Waals surface area contributed by atoms with Crippen molar-refractivity contribution in [2.24, 2.45) is 5.92 Å². The summed E-state index contributed by atoms with van der Waals surface area (Å²) in [7, 11) is 4.03. The predicted molar refractivity (Wildman–Crippen MR) is 83.8 cm³/mol. The Balaban J connectivity index is 2.81. The molecule has 1 heterocycles. The van der Waals surface area contributed by atoms with Gasteiger partial charge in [-0.15, -0.1) is 11.3 Å². The maximum atomic E-state index is 11.1. The highest BCUT2D eigenvalue weighted by Crippen LogP contribution is 2.25. The van der Waals surface area contributed by atoms with E-state index in [9.17, 15) is 4.79 Å². The molecule has 5 nitrogen and oxygen atoms in total. The first kappa shape index (κ1) is 16.9. The molecule has 0 aliphatic rings. The van der Waals surface area contributed by atoms with Crippen LogP contribution in [0.1, 0.15) is 32.4 Å². The monoisotopic (exact) mass is 299 g/mol. The van der Waals surface area contributed by atoms with Gasteiger partial charge in [-0.25, -0.2) is 4.98 Å². The largest absolute Gasteiger partial charge is 0.481 e. The third-order valence-electron chi connectivity index (χ3n) is 3.10. The van der Waals surface area contributed by atoms with Crippen molar-refractivity contribution in [3.8, 4) is 0 Å². The molecule has 0 aromatic carbocycles. The van der Waals surface area contributed by atoms with E-state index in [-0.39, 0.29) is 0 Å². The van der Waals surface area contributed by atoms with Gasteiger partial charge >= 0.3 is 5.97 Å². The molecule has 1 atom stereocenters. The van der Waals surface area contributed by atoms with Crippen molar-refractivity contribution in [1.82, 2.24) is 9.88 Å². The lowest BCUT2D eigenvalue weighted by Crippen LogP contribution is -2.36. The summed E-state index contributed by atoms with van der Waals surface area (Å²) < 4.78 is 0. The summed E-state index contributed by atoms with van der Waals surface area (Å²) in [4.78, 5) is 19.9. The molecule has 6 heteroatoms. The zero-order valence-electron chi connectivity index (χ0n) is 13.0. The van der Waals surface area contributed by atoms with Crippen molar-refractivity contribution >= 4 is 22.4 Å². The highest BCUT2D eigenvalue weighted by molar-refractivity contribution is 7.13. The molecule has 0 fully saturated rings. The van der Waals surface area contributed by atoms with Crippen LogP contribution in [0, 0.1) is 5.92 Å². The van der Waals surface area contributed by atoms with Gasteiger partial charge in [0.05, 0.1) is 11.6 Å². The van der Waals surface area contributed by atoms with Gasteiger partial charge in [-0.1, -0.05) is 20.8 Å². The van der Waals surface area contributed by atoms with Crippen LogP contribution in [0.25, 0.3) is 0 Å². The molecule has 0 saturated carbocycles. The van der Waals surface area contributed by atoms with Crippen LogP contribution in [0.5, 0.6) is 0 Å². The van der Waals surface area contributed by atoms with Gasteiger partial charge in [0.1, 0.15) is 0 Å². The summed E-state index contributed by atoms with van der Waals surface area (Å²) in [5.74, 6) is -0.767. The average molecular weight is 299 g/mol. The predicted octanol–water partition coefficient (Wildman–Crippen LogP) is 2.36. The van der Waals surface area contributed by atoms with Gasteiger partial charge in [0.25, 0.3) is 0 Å². The molecule has 0 aliphatic carbocycles. The Labute approximate surface area is 125 Å². The van der Waals surface area contributed by atoms with Crippen LogP contribution < -0.4 is 4.90 Å². The van der Waals surface area contributed by atoms with Gasteiger partial charge in [-0.2, -0.15) is 0 Å². The number of carboxylic acid groups (broad SMARTS) is 1. The molecular weight excluding hydrogens is 274 g/mol. The van der Waals surface area contributed by atoms with Gasteiger partial charge in [0, 0.05) is 25.0 Å². The molecule has 0 saturated heterocycles. The molecular formula is C14H25N3O2S. The number of hydrogen-bond donors (Lipinski definition) is 1. The summed E-state index contributed by atoms with van der Waals surface area (Å²) in [6.07, 6.45) is 0. The quantitative estimate of drug-likeness (QED) is 0.798. The third-order valence-corrected chi connectivity index (χ3v) is 4.02. The third kappa shape index (κ3) is 5.09. The molecule has 0 amide bonds. The van der Waals surface area contributed by atoms with Crippen LogP contribution in [0.4, 0.5) is 5.13 Å².